The summed E-state index contributed by atoms with van der Waals surface area (Å²) in [6.07, 6.45) is 2.00. The number of carbonyl (C=O) groups is 2. The second kappa shape index (κ2) is 7.63. The predicted molar refractivity (Wildman–Crippen MR) is 96.8 cm³/mol. The lowest BCUT2D eigenvalue weighted by Gasteiger charge is -2.31. The van der Waals surface area contributed by atoms with Gasteiger partial charge in [0.05, 0.1) is 26.5 Å². The van der Waals surface area contributed by atoms with Gasteiger partial charge in [0, 0.05) is 31.3 Å². The topological polar surface area (TPSA) is 62.3 Å². The number of halogens is 1. The summed E-state index contributed by atoms with van der Waals surface area (Å²) in [5, 5.41) is 5.77. The maximum atomic E-state index is 12.6. The van der Waals surface area contributed by atoms with E-state index in [4.69, 9.17) is 11.6 Å². The maximum absolute atomic E-state index is 12.6. The van der Waals surface area contributed by atoms with Crippen molar-refractivity contribution >= 4 is 46.1 Å². The Labute approximate surface area is 153 Å². The SMILES string of the molecule is CC(=O)NCc1csc([C@H]2CCCN(C(=O)c3ccc(Cl)s3)C2)n1. The summed E-state index contributed by atoms with van der Waals surface area (Å²) < 4.78 is 0.634. The molecular formula is C16H18ClN3O2S2. The van der Waals surface area contributed by atoms with Crippen LogP contribution in [0, 0.1) is 0 Å². The fourth-order valence-electron chi connectivity index (χ4n) is 2.75. The average molecular weight is 384 g/mol. The number of likely N-dealkylation sites (tertiary alicyclic amines) is 1. The number of aromatic nitrogens is 1. The van der Waals surface area contributed by atoms with E-state index in [0.717, 1.165) is 30.1 Å². The number of thiazole rings is 1. The minimum atomic E-state index is -0.0615. The summed E-state index contributed by atoms with van der Waals surface area (Å²) in [6.45, 7) is 3.40. The van der Waals surface area contributed by atoms with Crippen molar-refractivity contribution in [1.82, 2.24) is 15.2 Å². The van der Waals surface area contributed by atoms with E-state index in [1.54, 1.807) is 23.5 Å². The molecule has 8 heteroatoms. The van der Waals surface area contributed by atoms with Crippen molar-refractivity contribution in [2.75, 3.05) is 13.1 Å². The Morgan fingerprint density at radius 1 is 1.46 bits per heavy atom. The van der Waals surface area contributed by atoms with Crippen LogP contribution < -0.4 is 5.32 Å². The van der Waals surface area contributed by atoms with Crippen molar-refractivity contribution in [3.05, 3.63) is 37.4 Å². The molecule has 24 heavy (non-hydrogen) atoms. The van der Waals surface area contributed by atoms with Crippen LogP contribution >= 0.6 is 34.3 Å². The highest BCUT2D eigenvalue weighted by molar-refractivity contribution is 7.18. The molecule has 0 saturated carbocycles. The highest BCUT2D eigenvalue weighted by Crippen LogP contribution is 2.31. The van der Waals surface area contributed by atoms with Crippen molar-refractivity contribution in [3.8, 4) is 0 Å². The third kappa shape index (κ3) is 4.15. The van der Waals surface area contributed by atoms with Crippen LogP contribution in [-0.4, -0.2) is 34.8 Å². The van der Waals surface area contributed by atoms with Crippen LogP contribution in [0.4, 0.5) is 0 Å². The van der Waals surface area contributed by atoms with Crippen LogP contribution in [0.2, 0.25) is 4.34 Å². The Kier molecular flexibility index (Phi) is 5.53. The molecule has 0 aromatic carbocycles. The average Bonchev–Trinajstić information content (AvgIpc) is 3.21. The lowest BCUT2D eigenvalue weighted by atomic mass is 9.98. The van der Waals surface area contributed by atoms with Gasteiger partial charge in [0.25, 0.3) is 5.91 Å². The summed E-state index contributed by atoms with van der Waals surface area (Å²) in [7, 11) is 0. The van der Waals surface area contributed by atoms with E-state index in [1.165, 1.54) is 18.3 Å². The van der Waals surface area contributed by atoms with E-state index in [1.807, 2.05) is 10.3 Å². The number of nitrogens with one attached hydrogen (secondary N) is 1. The Hall–Kier alpha value is -1.44. The second-order valence-electron chi connectivity index (χ2n) is 5.78. The first-order valence-electron chi connectivity index (χ1n) is 7.76. The maximum Gasteiger partial charge on any atom is 0.263 e. The first-order valence-corrected chi connectivity index (χ1v) is 9.83. The fraction of sp³-hybridized carbons (Fsp3) is 0.438. The van der Waals surface area contributed by atoms with Gasteiger partial charge in [-0.25, -0.2) is 4.98 Å². The van der Waals surface area contributed by atoms with Crippen molar-refractivity contribution < 1.29 is 9.59 Å². The molecule has 128 valence electrons. The van der Waals surface area contributed by atoms with E-state index in [-0.39, 0.29) is 17.7 Å². The molecule has 1 aliphatic heterocycles. The summed E-state index contributed by atoms with van der Waals surface area (Å²) in [5.74, 6) is 0.245. The lowest BCUT2D eigenvalue weighted by molar-refractivity contribution is -0.119. The number of carbonyl (C=O) groups excluding carboxylic acids is 2. The van der Waals surface area contributed by atoms with Crippen LogP contribution in [0.5, 0.6) is 0 Å². The molecule has 1 atom stereocenters. The van der Waals surface area contributed by atoms with Gasteiger partial charge in [-0.2, -0.15) is 0 Å². The second-order valence-corrected chi connectivity index (χ2v) is 8.39. The molecule has 1 aliphatic rings. The van der Waals surface area contributed by atoms with E-state index in [2.05, 4.69) is 10.3 Å². The van der Waals surface area contributed by atoms with Crippen LogP contribution in [0.15, 0.2) is 17.5 Å². The highest BCUT2D eigenvalue weighted by Gasteiger charge is 2.28. The van der Waals surface area contributed by atoms with E-state index in [0.29, 0.717) is 22.3 Å². The van der Waals surface area contributed by atoms with Gasteiger partial charge in [-0.1, -0.05) is 11.6 Å². The Morgan fingerprint density at radius 2 is 2.29 bits per heavy atom. The van der Waals surface area contributed by atoms with Crippen molar-refractivity contribution in [3.63, 3.8) is 0 Å². The Balaban J connectivity index is 1.65. The number of piperidine rings is 1. The summed E-state index contributed by atoms with van der Waals surface area (Å²) in [5.41, 5.74) is 0.874. The highest BCUT2D eigenvalue weighted by atomic mass is 35.5. The van der Waals surface area contributed by atoms with E-state index < -0.39 is 0 Å². The zero-order chi connectivity index (χ0) is 17.1. The third-order valence-electron chi connectivity index (χ3n) is 3.93. The Bertz CT molecular complexity index is 743. The normalized spacial score (nSPS) is 17.8. The quantitative estimate of drug-likeness (QED) is 0.878. The number of hydrogen-bond donors (Lipinski definition) is 1. The van der Waals surface area contributed by atoms with Crippen molar-refractivity contribution in [2.45, 2.75) is 32.2 Å². The van der Waals surface area contributed by atoms with Gasteiger partial charge in [-0.3, -0.25) is 9.59 Å². The van der Waals surface area contributed by atoms with Gasteiger partial charge >= 0.3 is 0 Å². The Morgan fingerprint density at radius 3 is 3.00 bits per heavy atom. The largest absolute Gasteiger partial charge is 0.351 e. The molecule has 1 saturated heterocycles. The molecule has 2 aromatic heterocycles. The van der Waals surface area contributed by atoms with Gasteiger partial charge in [0.2, 0.25) is 5.91 Å². The zero-order valence-electron chi connectivity index (χ0n) is 13.3. The monoisotopic (exact) mass is 383 g/mol. The fourth-order valence-corrected chi connectivity index (χ4v) is 4.71. The first kappa shape index (κ1) is 17.4. The molecule has 2 amide bonds. The minimum Gasteiger partial charge on any atom is -0.351 e. The lowest BCUT2D eigenvalue weighted by Crippen LogP contribution is -2.38. The summed E-state index contributed by atoms with van der Waals surface area (Å²) in [6, 6.07) is 3.55. The number of nitrogens with zero attached hydrogens (tertiary/aromatic N) is 2. The van der Waals surface area contributed by atoms with Gasteiger partial charge in [-0.15, -0.1) is 22.7 Å². The van der Waals surface area contributed by atoms with E-state index >= 15 is 0 Å². The molecule has 0 radical (unpaired) electrons. The van der Waals surface area contributed by atoms with Crippen molar-refractivity contribution in [1.29, 1.82) is 0 Å². The van der Waals surface area contributed by atoms with Crippen LogP contribution in [0.1, 0.15) is 46.1 Å². The number of hydrogen-bond acceptors (Lipinski definition) is 5. The molecule has 1 N–H and O–H groups in total. The van der Waals surface area contributed by atoms with Crippen molar-refractivity contribution in [2.24, 2.45) is 0 Å². The zero-order valence-corrected chi connectivity index (χ0v) is 15.6. The smallest absolute Gasteiger partial charge is 0.263 e. The molecule has 0 bridgehead atoms. The molecule has 5 nitrogen and oxygen atoms in total. The van der Waals surface area contributed by atoms with Gasteiger partial charge in [-0.05, 0) is 25.0 Å². The molecule has 1 fully saturated rings. The van der Waals surface area contributed by atoms with Crippen LogP contribution in [0.3, 0.4) is 0 Å². The predicted octanol–water partition coefficient (Wildman–Crippen LogP) is 3.51. The third-order valence-corrected chi connectivity index (χ3v) is 6.20. The summed E-state index contributed by atoms with van der Waals surface area (Å²) >= 11 is 8.86. The molecule has 0 unspecified atom stereocenters. The number of thiophene rings is 1. The van der Waals surface area contributed by atoms with Crippen LogP contribution in [0.25, 0.3) is 0 Å². The molecule has 3 heterocycles. The molecule has 0 aliphatic carbocycles. The standard InChI is InChI=1S/C16H18ClN3O2S2/c1-10(21)18-7-12-9-23-15(19-12)11-3-2-6-20(8-11)16(22)13-4-5-14(17)24-13/h4-5,9,11H,2-3,6-8H2,1H3,(H,18,21)/t11-/m0/s1. The van der Waals surface area contributed by atoms with E-state index in [9.17, 15) is 9.59 Å². The molecular weight excluding hydrogens is 366 g/mol. The minimum absolute atomic E-state index is 0.0478. The van der Waals surface area contributed by atoms with Crippen LogP contribution in [-0.2, 0) is 11.3 Å². The first-order chi connectivity index (χ1) is 11.5. The molecule has 2 aromatic rings. The number of rotatable bonds is 4. The van der Waals surface area contributed by atoms with Gasteiger partial charge in [0.15, 0.2) is 0 Å². The molecule has 3 rings (SSSR count). The van der Waals surface area contributed by atoms with Gasteiger partial charge in [0.1, 0.15) is 0 Å². The van der Waals surface area contributed by atoms with Gasteiger partial charge < -0.3 is 10.2 Å². The summed E-state index contributed by atoms with van der Waals surface area (Å²) in [4.78, 5) is 30.8. The molecule has 0 spiro atoms. The number of amides is 2.